The molecule has 4 rings (SSSR count). The average Bonchev–Trinajstić information content (AvgIpc) is 2.88. The van der Waals surface area contributed by atoms with Gasteiger partial charge in [0.1, 0.15) is 24.5 Å². The molecule has 0 fully saturated rings. The Morgan fingerprint density at radius 2 is 2.17 bits per heavy atom. The molecular weight excluding hydrogens is 444 g/mol. The first-order valence-electron chi connectivity index (χ1n) is 12.0. The molecule has 8 nitrogen and oxygen atoms in total. The van der Waals surface area contributed by atoms with E-state index in [4.69, 9.17) is 14.6 Å². The molecule has 2 aromatic heterocycles. The number of hydrogen-bond donors (Lipinski definition) is 2. The molecule has 0 aromatic carbocycles. The molecule has 0 spiro atoms. The molecule has 184 valence electrons. The van der Waals surface area contributed by atoms with E-state index in [0.29, 0.717) is 25.5 Å². The Morgan fingerprint density at radius 3 is 2.94 bits per heavy atom. The summed E-state index contributed by atoms with van der Waals surface area (Å²) in [5.74, 6) is 1.26. The van der Waals surface area contributed by atoms with E-state index in [1.807, 2.05) is 31.2 Å². The Hall–Kier alpha value is -3.36. The fourth-order valence-corrected chi connectivity index (χ4v) is 4.11. The number of aliphatic hydroxyl groups is 1. The molecule has 2 aliphatic rings. The van der Waals surface area contributed by atoms with Crippen LogP contribution >= 0.6 is 0 Å². The predicted molar refractivity (Wildman–Crippen MR) is 133 cm³/mol. The van der Waals surface area contributed by atoms with Crippen molar-refractivity contribution in [3.8, 4) is 0 Å². The van der Waals surface area contributed by atoms with Crippen LogP contribution in [0.2, 0.25) is 0 Å². The summed E-state index contributed by atoms with van der Waals surface area (Å²) in [6.07, 6.45) is 13.7. The Kier molecular flexibility index (Phi) is 8.39. The average molecular weight is 477 g/mol. The molecule has 3 unspecified atom stereocenters. The van der Waals surface area contributed by atoms with E-state index in [0.717, 1.165) is 40.6 Å². The first-order valence-corrected chi connectivity index (χ1v) is 12.0. The summed E-state index contributed by atoms with van der Waals surface area (Å²) in [5.41, 5.74) is 1.84. The fraction of sp³-hybridized carbons (Fsp3) is 0.407. The normalized spacial score (nSPS) is 19.9. The van der Waals surface area contributed by atoms with Crippen LogP contribution in [0.25, 0.3) is 11.8 Å². The molecule has 0 aliphatic heterocycles. The van der Waals surface area contributed by atoms with Crippen LogP contribution < -0.4 is 15.9 Å². The third-order valence-electron chi connectivity index (χ3n) is 6.24. The minimum absolute atomic E-state index is 0.0377. The molecule has 2 heterocycles. The number of nitrogens with zero attached hydrogens (tertiary/aromatic N) is 3. The van der Waals surface area contributed by atoms with Gasteiger partial charge in [0, 0.05) is 30.2 Å². The van der Waals surface area contributed by atoms with E-state index < -0.39 is 6.61 Å². The van der Waals surface area contributed by atoms with E-state index in [-0.39, 0.29) is 23.7 Å². The standard InChI is InChI=1S/C27H32N4O4/c1-18(23(33)15-32)11-13-34-25-8-5-7-22-26(25)27(30-17-29-22)31-20-9-10-24(19(2)14-20)35-16-21-6-3-4-12-28-21/h3-4,6-7,9-10,12,14,17-19,24,32H,5,8,11,13,15-16H2,1-2H3,(H,29,30,31). The summed E-state index contributed by atoms with van der Waals surface area (Å²) < 4.78 is 12.2. The number of hydrogen-bond acceptors (Lipinski definition) is 8. The van der Waals surface area contributed by atoms with Gasteiger partial charge in [0.05, 0.1) is 35.6 Å². The number of allylic oxidation sites excluding steroid dienone is 1. The van der Waals surface area contributed by atoms with Gasteiger partial charge in [-0.2, -0.15) is 0 Å². The predicted octanol–water partition coefficient (Wildman–Crippen LogP) is 2.25. The molecule has 0 amide bonds. The van der Waals surface area contributed by atoms with Crippen molar-refractivity contribution in [2.45, 2.75) is 45.8 Å². The van der Waals surface area contributed by atoms with Gasteiger partial charge in [-0.1, -0.05) is 38.1 Å². The topological polar surface area (TPSA) is 106 Å². The number of nitrogens with one attached hydrogen (secondary N) is 1. The van der Waals surface area contributed by atoms with Crippen molar-refractivity contribution in [3.05, 3.63) is 70.9 Å². The molecule has 2 aliphatic carbocycles. The van der Waals surface area contributed by atoms with Crippen LogP contribution in [0.3, 0.4) is 0 Å². The summed E-state index contributed by atoms with van der Waals surface area (Å²) in [4.78, 5) is 24.9. The second kappa shape index (κ2) is 11.9. The van der Waals surface area contributed by atoms with Crippen LogP contribution in [0.15, 0.2) is 54.6 Å². The Morgan fingerprint density at radius 1 is 1.29 bits per heavy atom. The van der Waals surface area contributed by atoms with Gasteiger partial charge in [0.2, 0.25) is 0 Å². The van der Waals surface area contributed by atoms with Crippen molar-refractivity contribution >= 4 is 23.4 Å². The summed E-state index contributed by atoms with van der Waals surface area (Å²) in [6, 6.07) is 5.80. The number of Topliss-reactive ketones (excluding diaryl/α,β-unsaturated/α-hetero) is 1. The van der Waals surface area contributed by atoms with Crippen LogP contribution in [-0.2, 0) is 20.9 Å². The van der Waals surface area contributed by atoms with Crippen molar-refractivity contribution in [2.75, 3.05) is 18.5 Å². The first-order chi connectivity index (χ1) is 17.0. The molecule has 0 saturated carbocycles. The van der Waals surface area contributed by atoms with Gasteiger partial charge in [-0.05, 0) is 31.1 Å². The number of aliphatic hydroxyl groups excluding tert-OH is 1. The SMILES string of the molecule is CC(CCOC1=c2c(NC3=CC(C)C(OCc4ccccn4)C=C3)ncnc2=CCC1)C(=O)CO. The number of ketones is 1. The van der Waals surface area contributed by atoms with Crippen LogP contribution in [0.1, 0.15) is 38.8 Å². The lowest BCUT2D eigenvalue weighted by Crippen LogP contribution is -2.37. The van der Waals surface area contributed by atoms with Crippen molar-refractivity contribution in [1.29, 1.82) is 0 Å². The number of fused-ring (bicyclic) bond motifs is 1. The molecule has 3 atom stereocenters. The highest BCUT2D eigenvalue weighted by Gasteiger charge is 2.20. The van der Waals surface area contributed by atoms with Gasteiger partial charge >= 0.3 is 0 Å². The van der Waals surface area contributed by atoms with E-state index in [1.165, 1.54) is 0 Å². The maximum absolute atomic E-state index is 11.7. The number of carbonyl (C=O) groups is 1. The molecule has 35 heavy (non-hydrogen) atoms. The molecule has 2 N–H and O–H groups in total. The Balaban J connectivity index is 1.45. The highest BCUT2D eigenvalue weighted by Crippen LogP contribution is 2.21. The fourth-order valence-electron chi connectivity index (χ4n) is 4.11. The zero-order chi connectivity index (χ0) is 24.6. The van der Waals surface area contributed by atoms with Gasteiger partial charge in [0.15, 0.2) is 5.78 Å². The summed E-state index contributed by atoms with van der Waals surface area (Å²) in [5, 5.41) is 14.2. The van der Waals surface area contributed by atoms with Crippen molar-refractivity contribution in [3.63, 3.8) is 0 Å². The van der Waals surface area contributed by atoms with Gasteiger partial charge in [-0.15, -0.1) is 0 Å². The van der Waals surface area contributed by atoms with Crippen molar-refractivity contribution in [2.24, 2.45) is 11.8 Å². The largest absolute Gasteiger partial charge is 0.497 e. The van der Waals surface area contributed by atoms with E-state index in [2.05, 4.69) is 45.4 Å². The van der Waals surface area contributed by atoms with E-state index >= 15 is 0 Å². The number of pyridine rings is 1. The number of anilines is 1. The number of aromatic nitrogens is 3. The lowest BCUT2D eigenvalue weighted by atomic mass is 9.98. The monoisotopic (exact) mass is 476 g/mol. The molecular formula is C27H32N4O4. The van der Waals surface area contributed by atoms with Gasteiger partial charge in [0.25, 0.3) is 0 Å². The quantitative estimate of drug-likeness (QED) is 0.509. The van der Waals surface area contributed by atoms with Crippen molar-refractivity contribution in [1.82, 2.24) is 15.0 Å². The van der Waals surface area contributed by atoms with Gasteiger partial charge < -0.3 is 19.9 Å². The summed E-state index contributed by atoms with van der Waals surface area (Å²) in [7, 11) is 0. The third-order valence-corrected chi connectivity index (χ3v) is 6.24. The van der Waals surface area contributed by atoms with Gasteiger partial charge in [-0.25, -0.2) is 9.97 Å². The smallest absolute Gasteiger partial charge is 0.161 e. The lowest BCUT2D eigenvalue weighted by Gasteiger charge is -2.24. The number of ether oxygens (including phenoxy) is 2. The first kappa shape index (κ1) is 24.8. The Labute approximate surface area is 205 Å². The number of rotatable bonds is 11. The van der Waals surface area contributed by atoms with Crippen LogP contribution in [-0.4, -0.2) is 45.2 Å². The molecule has 0 bridgehead atoms. The van der Waals surface area contributed by atoms with Crippen LogP contribution in [0, 0.1) is 11.8 Å². The highest BCUT2D eigenvalue weighted by atomic mass is 16.5. The third kappa shape index (κ3) is 6.41. The van der Waals surface area contributed by atoms with E-state index in [1.54, 1.807) is 12.5 Å². The minimum Gasteiger partial charge on any atom is -0.497 e. The minimum atomic E-state index is -0.437. The molecule has 0 radical (unpaired) electrons. The lowest BCUT2D eigenvalue weighted by molar-refractivity contribution is -0.125. The summed E-state index contributed by atoms with van der Waals surface area (Å²) >= 11 is 0. The maximum Gasteiger partial charge on any atom is 0.161 e. The Bertz CT molecular complexity index is 1210. The summed E-state index contributed by atoms with van der Waals surface area (Å²) in [6.45, 7) is 4.34. The highest BCUT2D eigenvalue weighted by molar-refractivity contribution is 5.81. The van der Waals surface area contributed by atoms with Crippen LogP contribution in [0.4, 0.5) is 5.82 Å². The number of carbonyl (C=O) groups excluding carboxylic acids is 1. The van der Waals surface area contributed by atoms with Crippen LogP contribution in [0.5, 0.6) is 0 Å². The maximum atomic E-state index is 11.7. The van der Waals surface area contributed by atoms with Gasteiger partial charge in [-0.3, -0.25) is 9.78 Å². The molecule has 8 heteroatoms. The molecule has 2 aromatic rings. The van der Waals surface area contributed by atoms with E-state index in [9.17, 15) is 4.79 Å². The zero-order valence-corrected chi connectivity index (χ0v) is 20.2. The second-order valence-corrected chi connectivity index (χ2v) is 8.87. The zero-order valence-electron chi connectivity index (χ0n) is 20.2. The van der Waals surface area contributed by atoms with Crippen molar-refractivity contribution < 1.29 is 19.4 Å². The molecule has 0 saturated heterocycles. The second-order valence-electron chi connectivity index (χ2n) is 8.87.